The minimum absolute atomic E-state index is 0.0698. The number of rotatable bonds is 5. The zero-order valence-corrected chi connectivity index (χ0v) is 7.85. The monoisotopic (exact) mass is 202 g/mol. The van der Waals surface area contributed by atoms with Gasteiger partial charge >= 0.3 is 18.2 Å². The van der Waals surface area contributed by atoms with Crippen LogP contribution >= 0.6 is 0 Å². The molecular formula is C7H10N2O5. The van der Waals surface area contributed by atoms with Crippen molar-refractivity contribution in [1.29, 1.82) is 5.26 Å². The van der Waals surface area contributed by atoms with Gasteiger partial charge in [0, 0.05) is 13.3 Å². The largest absolute Gasteiger partial charge is 0.332 e. The number of carbonyl (C=O) groups excluding carboxylic acids is 2. The van der Waals surface area contributed by atoms with Gasteiger partial charge in [-0.3, -0.25) is 19.3 Å². The van der Waals surface area contributed by atoms with Crippen LogP contribution < -0.4 is 0 Å². The molecule has 0 N–H and O–H groups in total. The SMILES string of the molecule is CCCC(=O)ON(OC#N)OC(C)=O. The number of nitriles is 1. The summed E-state index contributed by atoms with van der Waals surface area (Å²) in [6.07, 6.45) is 1.89. The molecule has 0 spiro atoms. The topological polar surface area (TPSA) is 88.9 Å². The van der Waals surface area contributed by atoms with Gasteiger partial charge in [-0.1, -0.05) is 6.92 Å². The predicted molar refractivity (Wildman–Crippen MR) is 41.3 cm³/mol. The third-order valence-corrected chi connectivity index (χ3v) is 0.949. The first-order valence-corrected chi connectivity index (χ1v) is 3.85. The van der Waals surface area contributed by atoms with Crippen LogP contribution in [0.15, 0.2) is 0 Å². The summed E-state index contributed by atoms with van der Waals surface area (Å²) in [5.41, 5.74) is 0. The summed E-state index contributed by atoms with van der Waals surface area (Å²) >= 11 is 0. The van der Waals surface area contributed by atoms with Crippen molar-refractivity contribution in [3.8, 4) is 6.26 Å². The molecule has 0 fully saturated rings. The van der Waals surface area contributed by atoms with Crippen LogP contribution in [0.3, 0.4) is 0 Å². The van der Waals surface area contributed by atoms with Gasteiger partial charge in [-0.15, -0.1) is 5.26 Å². The number of hydrogen-bond donors (Lipinski definition) is 0. The molecule has 0 saturated carbocycles. The molecule has 0 bridgehead atoms. The van der Waals surface area contributed by atoms with E-state index in [9.17, 15) is 9.59 Å². The van der Waals surface area contributed by atoms with Crippen LogP contribution in [-0.2, 0) is 24.1 Å². The average molecular weight is 202 g/mol. The van der Waals surface area contributed by atoms with E-state index in [-0.39, 0.29) is 11.8 Å². The van der Waals surface area contributed by atoms with Gasteiger partial charge < -0.3 is 4.84 Å². The lowest BCUT2D eigenvalue weighted by Gasteiger charge is -2.12. The molecule has 0 amide bonds. The minimum Gasteiger partial charge on any atom is -0.300 e. The van der Waals surface area contributed by atoms with Crippen LogP contribution in [0, 0.1) is 11.5 Å². The molecule has 0 aromatic rings. The van der Waals surface area contributed by atoms with E-state index in [1.165, 1.54) is 6.26 Å². The Labute approximate surface area is 80.6 Å². The first kappa shape index (κ1) is 12.2. The summed E-state index contributed by atoms with van der Waals surface area (Å²) in [4.78, 5) is 33.9. The molecule has 0 aliphatic heterocycles. The van der Waals surface area contributed by atoms with E-state index >= 15 is 0 Å². The average Bonchev–Trinajstić information content (AvgIpc) is 2.03. The molecule has 0 radical (unpaired) electrons. The van der Waals surface area contributed by atoms with E-state index in [0.29, 0.717) is 6.42 Å². The van der Waals surface area contributed by atoms with E-state index in [0.717, 1.165) is 6.92 Å². The molecule has 0 aliphatic rings. The van der Waals surface area contributed by atoms with Gasteiger partial charge in [-0.05, 0) is 6.42 Å². The normalized spacial score (nSPS) is 9.00. The number of hydrogen-bond acceptors (Lipinski definition) is 7. The molecule has 14 heavy (non-hydrogen) atoms. The van der Waals surface area contributed by atoms with Crippen molar-refractivity contribution >= 4 is 11.9 Å². The lowest BCUT2D eigenvalue weighted by molar-refractivity contribution is -0.461. The van der Waals surface area contributed by atoms with Gasteiger partial charge in [0.1, 0.15) is 0 Å². The Balaban J connectivity index is 4.02. The summed E-state index contributed by atoms with van der Waals surface area (Å²) in [7, 11) is 0. The van der Waals surface area contributed by atoms with Crippen molar-refractivity contribution in [2.24, 2.45) is 0 Å². The van der Waals surface area contributed by atoms with E-state index < -0.39 is 11.9 Å². The van der Waals surface area contributed by atoms with E-state index in [4.69, 9.17) is 5.26 Å². The third-order valence-electron chi connectivity index (χ3n) is 0.949. The molecule has 0 saturated heterocycles. The molecular weight excluding hydrogens is 192 g/mol. The zero-order chi connectivity index (χ0) is 11.0. The van der Waals surface area contributed by atoms with Gasteiger partial charge in [0.15, 0.2) is 0 Å². The van der Waals surface area contributed by atoms with Crippen molar-refractivity contribution in [2.75, 3.05) is 0 Å². The van der Waals surface area contributed by atoms with Crippen LogP contribution in [0.25, 0.3) is 0 Å². The second-order valence-electron chi connectivity index (χ2n) is 2.20. The van der Waals surface area contributed by atoms with E-state index in [2.05, 4.69) is 14.5 Å². The molecule has 7 heteroatoms. The van der Waals surface area contributed by atoms with Gasteiger partial charge in [-0.25, -0.2) is 0 Å². The predicted octanol–water partition coefficient (Wildman–Crippen LogP) is 0.437. The number of nitrogens with zero attached hydrogens (tertiary/aromatic N) is 2. The quantitative estimate of drug-likeness (QED) is 0.471. The van der Waals surface area contributed by atoms with Crippen molar-refractivity contribution in [3.05, 3.63) is 0 Å². The van der Waals surface area contributed by atoms with Gasteiger partial charge in [0.05, 0.1) is 0 Å². The van der Waals surface area contributed by atoms with Crippen LogP contribution in [0.5, 0.6) is 0 Å². The molecule has 0 aromatic heterocycles. The zero-order valence-electron chi connectivity index (χ0n) is 7.85. The molecule has 0 aliphatic carbocycles. The summed E-state index contributed by atoms with van der Waals surface area (Å²) in [6, 6.07) is 0. The van der Waals surface area contributed by atoms with Gasteiger partial charge in [0.25, 0.3) is 5.39 Å². The van der Waals surface area contributed by atoms with Crippen LogP contribution in [0.1, 0.15) is 26.7 Å². The van der Waals surface area contributed by atoms with Crippen LogP contribution in [-0.4, -0.2) is 17.3 Å². The summed E-state index contributed by atoms with van der Waals surface area (Å²) in [5.74, 6) is -1.44. The smallest absolute Gasteiger partial charge is 0.300 e. The molecule has 0 rings (SSSR count). The fraction of sp³-hybridized carbons (Fsp3) is 0.571. The molecule has 0 atom stereocenters. The second-order valence-corrected chi connectivity index (χ2v) is 2.20. The second kappa shape index (κ2) is 6.68. The minimum atomic E-state index is -0.774. The van der Waals surface area contributed by atoms with Crippen molar-refractivity contribution < 1.29 is 24.1 Å². The molecule has 78 valence electrons. The Kier molecular flexibility index (Phi) is 5.82. The van der Waals surface area contributed by atoms with E-state index in [1.54, 1.807) is 6.92 Å². The Bertz CT molecular complexity index is 247. The summed E-state index contributed by atoms with van der Waals surface area (Å²) in [5, 5.41) is 8.17. The fourth-order valence-corrected chi connectivity index (χ4v) is 0.527. The molecule has 7 nitrogen and oxygen atoms in total. The Morgan fingerprint density at radius 3 is 2.50 bits per heavy atom. The van der Waals surface area contributed by atoms with Crippen LogP contribution in [0.4, 0.5) is 0 Å². The highest BCUT2D eigenvalue weighted by Crippen LogP contribution is 1.99. The molecule has 0 unspecified atom stereocenters. The van der Waals surface area contributed by atoms with E-state index in [1.807, 2.05) is 0 Å². The lowest BCUT2D eigenvalue weighted by atomic mass is 10.3. The third kappa shape index (κ3) is 5.79. The lowest BCUT2D eigenvalue weighted by Crippen LogP contribution is -2.28. The Morgan fingerprint density at radius 2 is 2.07 bits per heavy atom. The maximum atomic E-state index is 10.9. The Hall–Kier alpha value is -1.81. The summed E-state index contributed by atoms with van der Waals surface area (Å²) < 4.78 is 0. The highest BCUT2D eigenvalue weighted by Gasteiger charge is 2.16. The maximum absolute atomic E-state index is 10.9. The molecule has 0 heterocycles. The first-order valence-electron chi connectivity index (χ1n) is 3.85. The van der Waals surface area contributed by atoms with Crippen LogP contribution in [0.2, 0.25) is 0 Å². The van der Waals surface area contributed by atoms with Crippen molar-refractivity contribution in [1.82, 2.24) is 5.39 Å². The van der Waals surface area contributed by atoms with Crippen molar-refractivity contribution in [3.63, 3.8) is 0 Å². The standard InChI is InChI=1S/C7H10N2O5/c1-3-4-7(11)14-9(12-5-8)13-6(2)10/h3-4H2,1-2H3. The van der Waals surface area contributed by atoms with Crippen molar-refractivity contribution in [2.45, 2.75) is 26.7 Å². The van der Waals surface area contributed by atoms with Gasteiger partial charge in [0.2, 0.25) is 0 Å². The highest BCUT2D eigenvalue weighted by atomic mass is 17.2. The summed E-state index contributed by atoms with van der Waals surface area (Å²) in [6.45, 7) is 2.84. The maximum Gasteiger partial charge on any atom is 0.332 e. The molecule has 0 aromatic carbocycles. The van der Waals surface area contributed by atoms with Gasteiger partial charge in [-0.2, -0.15) is 0 Å². The Morgan fingerprint density at radius 1 is 1.43 bits per heavy atom. The fourth-order valence-electron chi connectivity index (χ4n) is 0.527. The highest BCUT2D eigenvalue weighted by molar-refractivity contribution is 5.69. The first-order chi connectivity index (χ1) is 6.60. The number of carbonyl (C=O) groups is 2.